The number of hydrogen-bond donors (Lipinski definition) is 3. The number of alkyl halides is 1. The lowest BCUT2D eigenvalue weighted by Gasteiger charge is -2.22. The van der Waals surface area contributed by atoms with Crippen molar-refractivity contribution < 1.29 is 14.0 Å². The summed E-state index contributed by atoms with van der Waals surface area (Å²) in [6, 6.07) is 12.0. The van der Waals surface area contributed by atoms with Gasteiger partial charge in [-0.15, -0.1) is 0 Å². The number of rotatable bonds is 5. The van der Waals surface area contributed by atoms with E-state index >= 15 is 4.39 Å². The Hall–Kier alpha value is -3.15. The van der Waals surface area contributed by atoms with E-state index < -0.39 is 6.17 Å². The molecule has 0 radical (unpaired) electrons. The van der Waals surface area contributed by atoms with Gasteiger partial charge < -0.3 is 15.6 Å². The molecule has 2 aromatic carbocycles. The van der Waals surface area contributed by atoms with Crippen molar-refractivity contribution in [1.29, 1.82) is 0 Å². The maximum Gasteiger partial charge on any atom is 0.253 e. The SMILES string of the molecule is CNC(=O)c1ccc(C(F)c2cccc3[nH]cc(C(=O)NC4CCCCC4)c23)cc1. The summed E-state index contributed by atoms with van der Waals surface area (Å²) >= 11 is 0. The maximum absolute atomic E-state index is 15.5. The number of carbonyl (C=O) groups is 2. The van der Waals surface area contributed by atoms with E-state index in [1.165, 1.54) is 6.42 Å². The minimum atomic E-state index is -1.41. The summed E-state index contributed by atoms with van der Waals surface area (Å²) < 4.78 is 15.5. The molecule has 30 heavy (non-hydrogen) atoms. The summed E-state index contributed by atoms with van der Waals surface area (Å²) in [4.78, 5) is 27.8. The molecule has 5 nitrogen and oxygen atoms in total. The predicted octanol–water partition coefficient (Wildman–Crippen LogP) is 4.65. The molecule has 6 heteroatoms. The predicted molar refractivity (Wildman–Crippen MR) is 115 cm³/mol. The average Bonchev–Trinajstić information content (AvgIpc) is 3.23. The number of aromatic amines is 1. The van der Waals surface area contributed by atoms with E-state index in [0.717, 1.165) is 31.2 Å². The Kier molecular flexibility index (Phi) is 5.84. The fourth-order valence-electron chi connectivity index (χ4n) is 4.24. The van der Waals surface area contributed by atoms with Crippen molar-refractivity contribution in [3.05, 3.63) is 70.9 Å². The Morgan fingerprint density at radius 2 is 1.77 bits per heavy atom. The van der Waals surface area contributed by atoms with Crippen LogP contribution in [0.2, 0.25) is 0 Å². The van der Waals surface area contributed by atoms with Gasteiger partial charge in [0.15, 0.2) is 6.17 Å². The highest BCUT2D eigenvalue weighted by molar-refractivity contribution is 6.08. The number of benzene rings is 2. The van der Waals surface area contributed by atoms with E-state index in [0.29, 0.717) is 27.6 Å². The molecule has 3 N–H and O–H groups in total. The van der Waals surface area contributed by atoms with Crippen LogP contribution in [0.15, 0.2) is 48.7 Å². The molecular formula is C24H26FN3O2. The summed E-state index contributed by atoms with van der Waals surface area (Å²) in [7, 11) is 1.56. The average molecular weight is 407 g/mol. The zero-order valence-corrected chi connectivity index (χ0v) is 17.0. The fraction of sp³-hybridized carbons (Fsp3) is 0.333. The Balaban J connectivity index is 1.64. The summed E-state index contributed by atoms with van der Waals surface area (Å²) in [5.41, 5.74) is 2.55. The molecule has 1 atom stereocenters. The molecule has 0 aliphatic heterocycles. The molecule has 0 spiro atoms. The first-order valence-electron chi connectivity index (χ1n) is 10.5. The van der Waals surface area contributed by atoms with E-state index in [2.05, 4.69) is 15.6 Å². The maximum atomic E-state index is 15.5. The molecule has 156 valence electrons. The third kappa shape index (κ3) is 3.95. The number of halogens is 1. The van der Waals surface area contributed by atoms with Gasteiger partial charge in [-0.2, -0.15) is 0 Å². The van der Waals surface area contributed by atoms with E-state index in [1.807, 2.05) is 6.07 Å². The van der Waals surface area contributed by atoms with E-state index in [1.54, 1.807) is 49.6 Å². The summed E-state index contributed by atoms with van der Waals surface area (Å²) in [5.74, 6) is -0.380. The topological polar surface area (TPSA) is 74.0 Å². The Morgan fingerprint density at radius 3 is 2.47 bits per heavy atom. The second kappa shape index (κ2) is 8.69. The van der Waals surface area contributed by atoms with Crippen molar-refractivity contribution >= 4 is 22.7 Å². The molecule has 2 amide bonds. The smallest absolute Gasteiger partial charge is 0.253 e. The molecule has 0 saturated heterocycles. The number of carbonyl (C=O) groups excluding carboxylic acids is 2. The highest BCUT2D eigenvalue weighted by Gasteiger charge is 2.23. The molecule has 4 rings (SSSR count). The van der Waals surface area contributed by atoms with Crippen LogP contribution in [0.1, 0.15) is 70.1 Å². The Morgan fingerprint density at radius 1 is 1.03 bits per heavy atom. The van der Waals surface area contributed by atoms with E-state index in [9.17, 15) is 9.59 Å². The van der Waals surface area contributed by atoms with Gasteiger partial charge in [0.05, 0.1) is 5.56 Å². The first-order chi connectivity index (χ1) is 14.6. The number of amides is 2. The fourth-order valence-corrected chi connectivity index (χ4v) is 4.24. The number of fused-ring (bicyclic) bond motifs is 1. The van der Waals surface area contributed by atoms with Crippen LogP contribution < -0.4 is 10.6 Å². The van der Waals surface area contributed by atoms with Gasteiger partial charge in [0, 0.05) is 41.3 Å². The Labute approximate surface area is 175 Å². The second-order valence-corrected chi connectivity index (χ2v) is 7.84. The largest absolute Gasteiger partial charge is 0.360 e. The van der Waals surface area contributed by atoms with E-state index in [4.69, 9.17) is 0 Å². The molecule has 1 aromatic heterocycles. The summed E-state index contributed by atoms with van der Waals surface area (Å²) in [6.45, 7) is 0. The molecule has 1 heterocycles. The highest BCUT2D eigenvalue weighted by atomic mass is 19.1. The van der Waals surface area contributed by atoms with Crippen LogP contribution in [0.5, 0.6) is 0 Å². The lowest BCUT2D eigenvalue weighted by Crippen LogP contribution is -2.36. The molecule has 0 bridgehead atoms. The van der Waals surface area contributed by atoms with E-state index in [-0.39, 0.29) is 17.9 Å². The van der Waals surface area contributed by atoms with Crippen molar-refractivity contribution in [2.24, 2.45) is 0 Å². The number of aromatic nitrogens is 1. The molecular weight excluding hydrogens is 381 g/mol. The standard InChI is InChI=1S/C24H26FN3O2/c1-26-23(29)16-12-10-15(11-13-16)22(25)18-8-5-9-20-21(18)19(14-27-20)24(30)28-17-6-3-2-4-7-17/h5,8-14,17,22,27H,2-4,6-7H2,1H3,(H,26,29)(H,28,30). The van der Waals surface area contributed by atoms with Crippen molar-refractivity contribution in [3.63, 3.8) is 0 Å². The van der Waals surface area contributed by atoms with Crippen molar-refractivity contribution in [3.8, 4) is 0 Å². The molecule has 1 unspecified atom stereocenters. The monoisotopic (exact) mass is 407 g/mol. The third-order valence-corrected chi connectivity index (χ3v) is 5.89. The zero-order valence-electron chi connectivity index (χ0n) is 17.0. The number of nitrogens with one attached hydrogen (secondary N) is 3. The van der Waals surface area contributed by atoms with Crippen molar-refractivity contribution in [2.45, 2.75) is 44.3 Å². The molecule has 1 saturated carbocycles. The number of hydrogen-bond acceptors (Lipinski definition) is 2. The Bertz CT molecular complexity index is 1050. The van der Waals surface area contributed by atoms with Gasteiger partial charge in [-0.25, -0.2) is 4.39 Å². The van der Waals surface area contributed by atoms with Crippen LogP contribution in [0.3, 0.4) is 0 Å². The summed E-state index contributed by atoms with van der Waals surface area (Å²) in [6.07, 6.45) is 5.70. The van der Waals surface area contributed by atoms with Gasteiger partial charge in [-0.1, -0.05) is 43.5 Å². The van der Waals surface area contributed by atoms with Crippen LogP contribution in [0.4, 0.5) is 4.39 Å². The minimum absolute atomic E-state index is 0.164. The lowest BCUT2D eigenvalue weighted by molar-refractivity contribution is 0.0927. The summed E-state index contributed by atoms with van der Waals surface area (Å²) in [5, 5.41) is 6.28. The van der Waals surface area contributed by atoms with Gasteiger partial charge in [0.2, 0.25) is 0 Å². The van der Waals surface area contributed by atoms with Gasteiger partial charge >= 0.3 is 0 Å². The molecule has 3 aromatic rings. The van der Waals surface area contributed by atoms with Gasteiger partial charge in [-0.05, 0) is 36.6 Å². The van der Waals surface area contributed by atoms with Crippen LogP contribution in [0.25, 0.3) is 10.9 Å². The van der Waals surface area contributed by atoms with Gasteiger partial charge in [-0.3, -0.25) is 9.59 Å². The quantitative estimate of drug-likeness (QED) is 0.576. The van der Waals surface area contributed by atoms with Crippen LogP contribution in [-0.4, -0.2) is 29.9 Å². The lowest BCUT2D eigenvalue weighted by atomic mass is 9.94. The molecule has 1 aliphatic carbocycles. The zero-order chi connectivity index (χ0) is 21.1. The molecule has 1 aliphatic rings. The minimum Gasteiger partial charge on any atom is -0.360 e. The van der Waals surface area contributed by atoms with Crippen LogP contribution >= 0.6 is 0 Å². The van der Waals surface area contributed by atoms with Gasteiger partial charge in [0.1, 0.15) is 0 Å². The van der Waals surface area contributed by atoms with Crippen LogP contribution in [0, 0.1) is 0 Å². The van der Waals surface area contributed by atoms with Crippen molar-refractivity contribution in [2.75, 3.05) is 7.05 Å². The van der Waals surface area contributed by atoms with Crippen LogP contribution in [-0.2, 0) is 0 Å². The molecule has 1 fully saturated rings. The first-order valence-corrected chi connectivity index (χ1v) is 10.5. The normalized spacial score (nSPS) is 15.7. The third-order valence-electron chi connectivity index (χ3n) is 5.89. The highest BCUT2D eigenvalue weighted by Crippen LogP contribution is 2.34. The number of H-pyrrole nitrogens is 1. The van der Waals surface area contributed by atoms with Gasteiger partial charge in [0.25, 0.3) is 11.8 Å². The second-order valence-electron chi connectivity index (χ2n) is 7.84. The van der Waals surface area contributed by atoms with Crippen molar-refractivity contribution in [1.82, 2.24) is 15.6 Å². The first kappa shape index (κ1) is 20.1.